The SMILES string of the molecule is CC(=O)OCC1OC(n2cnc3c(N)nc(F)nc32)C(OS(=O)(=O)C(F)(F)F)C1OC(C)=O. The van der Waals surface area contributed by atoms with E-state index in [1.165, 1.54) is 0 Å². The van der Waals surface area contributed by atoms with Crippen LogP contribution in [0.3, 0.4) is 0 Å². The number of hydrogen-bond acceptors (Lipinski definition) is 12. The first-order valence-corrected chi connectivity index (χ1v) is 10.2. The Kier molecular flexibility index (Phi) is 6.44. The lowest BCUT2D eigenvalue weighted by Gasteiger charge is -2.24. The lowest BCUT2D eigenvalue weighted by Crippen LogP contribution is -2.42. The third-order valence-corrected chi connectivity index (χ3v) is 5.30. The molecule has 0 spiro atoms. The summed E-state index contributed by atoms with van der Waals surface area (Å²) >= 11 is 0. The van der Waals surface area contributed by atoms with Gasteiger partial charge >= 0.3 is 33.6 Å². The lowest BCUT2D eigenvalue weighted by atomic mass is 10.1. The van der Waals surface area contributed by atoms with E-state index < -0.39 is 76.3 Å². The number of anilines is 1. The summed E-state index contributed by atoms with van der Waals surface area (Å²) in [4.78, 5) is 33.3. The summed E-state index contributed by atoms with van der Waals surface area (Å²) in [6, 6.07) is 0. The van der Waals surface area contributed by atoms with Gasteiger partial charge in [-0.3, -0.25) is 18.3 Å². The fraction of sp³-hybridized carbons (Fsp3) is 0.533. The smallest absolute Gasteiger partial charge is 0.463 e. The molecule has 3 heterocycles. The Balaban J connectivity index is 2.12. The number of carbonyl (C=O) groups excluding carboxylic acids is 2. The third kappa shape index (κ3) is 4.96. The molecule has 0 bridgehead atoms. The molecule has 182 valence electrons. The van der Waals surface area contributed by atoms with E-state index in [1.54, 1.807) is 0 Å². The van der Waals surface area contributed by atoms with Crippen molar-refractivity contribution in [2.45, 2.75) is 43.9 Å². The fourth-order valence-corrected chi connectivity index (χ4v) is 3.61. The second-order valence-electron chi connectivity index (χ2n) is 6.60. The summed E-state index contributed by atoms with van der Waals surface area (Å²) in [5.74, 6) is -2.29. The van der Waals surface area contributed by atoms with Crippen molar-refractivity contribution >= 4 is 39.0 Å². The van der Waals surface area contributed by atoms with E-state index in [-0.39, 0.29) is 5.52 Å². The number of nitrogens with zero attached hydrogens (tertiary/aromatic N) is 4. The number of esters is 2. The molecular formula is C15H15F4N5O8S. The van der Waals surface area contributed by atoms with Crippen LogP contribution in [0.15, 0.2) is 6.33 Å². The molecule has 2 N–H and O–H groups in total. The number of imidazole rings is 1. The van der Waals surface area contributed by atoms with Gasteiger partial charge in [-0.2, -0.15) is 35.9 Å². The predicted molar refractivity (Wildman–Crippen MR) is 95.6 cm³/mol. The summed E-state index contributed by atoms with van der Waals surface area (Å²) in [5.41, 5.74) is -0.873. The molecule has 2 aromatic rings. The lowest BCUT2D eigenvalue weighted by molar-refractivity contribution is -0.157. The third-order valence-electron chi connectivity index (χ3n) is 4.25. The van der Waals surface area contributed by atoms with Gasteiger partial charge in [0.05, 0.1) is 6.33 Å². The molecule has 4 unspecified atom stereocenters. The molecule has 0 aromatic carbocycles. The number of rotatable bonds is 6. The number of alkyl halides is 3. The predicted octanol–water partition coefficient (Wildman–Crippen LogP) is 0.175. The molecule has 18 heteroatoms. The van der Waals surface area contributed by atoms with Crippen LogP contribution in [0, 0.1) is 6.08 Å². The van der Waals surface area contributed by atoms with Crippen molar-refractivity contribution in [1.29, 1.82) is 0 Å². The van der Waals surface area contributed by atoms with Crippen LogP contribution in [0.25, 0.3) is 11.2 Å². The van der Waals surface area contributed by atoms with Gasteiger partial charge in [-0.25, -0.2) is 4.98 Å². The van der Waals surface area contributed by atoms with Gasteiger partial charge < -0.3 is 19.9 Å². The molecule has 4 atom stereocenters. The Morgan fingerprint density at radius 3 is 2.45 bits per heavy atom. The van der Waals surface area contributed by atoms with Gasteiger partial charge in [-0.15, -0.1) is 0 Å². The Morgan fingerprint density at radius 2 is 1.88 bits per heavy atom. The minimum absolute atomic E-state index is 0.190. The highest BCUT2D eigenvalue weighted by molar-refractivity contribution is 7.87. The Hall–Kier alpha value is -3.12. The van der Waals surface area contributed by atoms with E-state index in [0.29, 0.717) is 0 Å². The molecule has 0 aliphatic carbocycles. The standard InChI is InChI=1S/C15H15F4N5O8S/c1-5(25)29-3-7-9(30-6(2)26)10(32-33(27,28)15(17,18)19)13(31-7)24-4-21-8-11(20)22-14(16)23-12(8)24/h4,7,9-10,13H,3H2,1-2H3,(H2,20,22,23). The average molecular weight is 501 g/mol. The van der Waals surface area contributed by atoms with Crippen LogP contribution >= 0.6 is 0 Å². The van der Waals surface area contributed by atoms with Gasteiger partial charge in [0.1, 0.15) is 12.7 Å². The Morgan fingerprint density at radius 1 is 1.21 bits per heavy atom. The van der Waals surface area contributed by atoms with Crippen molar-refractivity contribution in [1.82, 2.24) is 19.5 Å². The van der Waals surface area contributed by atoms with E-state index in [2.05, 4.69) is 19.1 Å². The summed E-state index contributed by atoms with van der Waals surface area (Å²) in [7, 11) is -6.24. The number of nitrogens with two attached hydrogens (primary N) is 1. The van der Waals surface area contributed by atoms with Crippen molar-refractivity contribution in [3.63, 3.8) is 0 Å². The highest BCUT2D eigenvalue weighted by Gasteiger charge is 2.56. The van der Waals surface area contributed by atoms with E-state index in [9.17, 15) is 35.6 Å². The van der Waals surface area contributed by atoms with Crippen LogP contribution in [0.5, 0.6) is 0 Å². The van der Waals surface area contributed by atoms with Gasteiger partial charge in [0.2, 0.25) is 0 Å². The van der Waals surface area contributed by atoms with Crippen LogP contribution in [0.4, 0.5) is 23.4 Å². The average Bonchev–Trinajstić information content (AvgIpc) is 3.20. The number of fused-ring (bicyclic) bond motifs is 1. The highest BCUT2D eigenvalue weighted by Crippen LogP contribution is 2.39. The van der Waals surface area contributed by atoms with Crippen LogP contribution < -0.4 is 5.73 Å². The molecule has 1 saturated heterocycles. The summed E-state index contributed by atoms with van der Waals surface area (Å²) in [5, 5.41) is 0. The zero-order valence-corrected chi connectivity index (χ0v) is 17.5. The van der Waals surface area contributed by atoms with Crippen LogP contribution in [-0.2, 0) is 38.1 Å². The van der Waals surface area contributed by atoms with Crippen LogP contribution in [0.2, 0.25) is 0 Å². The molecule has 0 amide bonds. The molecule has 2 aromatic heterocycles. The van der Waals surface area contributed by atoms with E-state index in [4.69, 9.17) is 19.9 Å². The number of hydrogen-bond donors (Lipinski definition) is 1. The van der Waals surface area contributed by atoms with Gasteiger partial charge in [0.25, 0.3) is 0 Å². The Labute approximate surface area is 181 Å². The maximum atomic E-state index is 13.7. The largest absolute Gasteiger partial charge is 0.523 e. The molecule has 0 radical (unpaired) electrons. The highest BCUT2D eigenvalue weighted by atomic mass is 32.2. The molecule has 0 saturated carbocycles. The summed E-state index contributed by atoms with van der Waals surface area (Å²) in [6.45, 7) is 1.25. The molecule has 1 fully saturated rings. The summed E-state index contributed by atoms with van der Waals surface area (Å²) < 4.78 is 96.6. The molecule has 13 nitrogen and oxygen atoms in total. The van der Waals surface area contributed by atoms with Crippen molar-refractivity contribution in [2.24, 2.45) is 0 Å². The van der Waals surface area contributed by atoms with Gasteiger partial charge in [0.15, 0.2) is 35.4 Å². The first-order valence-electron chi connectivity index (χ1n) is 8.82. The van der Waals surface area contributed by atoms with Crippen LogP contribution in [0.1, 0.15) is 20.1 Å². The minimum atomic E-state index is -6.24. The van der Waals surface area contributed by atoms with Crippen molar-refractivity contribution < 1.29 is 54.0 Å². The first-order chi connectivity index (χ1) is 15.2. The van der Waals surface area contributed by atoms with Crippen molar-refractivity contribution in [3.05, 3.63) is 12.4 Å². The summed E-state index contributed by atoms with van der Waals surface area (Å²) in [6.07, 6.45) is -7.74. The van der Waals surface area contributed by atoms with Gasteiger partial charge in [-0.05, 0) is 0 Å². The molecular weight excluding hydrogens is 486 g/mol. The molecule has 1 aliphatic heterocycles. The quantitative estimate of drug-likeness (QED) is 0.187. The van der Waals surface area contributed by atoms with E-state index in [0.717, 1.165) is 24.7 Å². The van der Waals surface area contributed by atoms with Crippen LogP contribution in [-0.4, -0.2) is 70.3 Å². The van der Waals surface area contributed by atoms with E-state index in [1.807, 2.05) is 0 Å². The Bertz CT molecular complexity index is 1190. The number of aromatic nitrogens is 4. The second kappa shape index (κ2) is 8.67. The minimum Gasteiger partial charge on any atom is -0.463 e. The number of carbonyl (C=O) groups is 2. The van der Waals surface area contributed by atoms with Crippen molar-refractivity contribution in [2.75, 3.05) is 12.3 Å². The molecule has 33 heavy (non-hydrogen) atoms. The zero-order valence-electron chi connectivity index (χ0n) is 16.6. The normalized spacial score (nSPS) is 23.6. The maximum Gasteiger partial charge on any atom is 0.523 e. The fourth-order valence-electron chi connectivity index (χ4n) is 3.00. The van der Waals surface area contributed by atoms with Crippen molar-refractivity contribution in [3.8, 4) is 0 Å². The number of halogens is 4. The number of nitrogen functional groups attached to an aromatic ring is 1. The monoisotopic (exact) mass is 501 g/mol. The zero-order chi connectivity index (χ0) is 24.7. The van der Waals surface area contributed by atoms with Gasteiger partial charge in [-0.1, -0.05) is 0 Å². The van der Waals surface area contributed by atoms with Gasteiger partial charge in [0, 0.05) is 13.8 Å². The van der Waals surface area contributed by atoms with E-state index >= 15 is 0 Å². The molecule has 1 aliphatic rings. The number of ether oxygens (including phenoxy) is 3. The maximum absolute atomic E-state index is 13.7. The molecule has 3 rings (SSSR count). The first kappa shape index (κ1) is 24.5. The second-order valence-corrected chi connectivity index (χ2v) is 8.17. The topological polar surface area (TPSA) is 175 Å².